The van der Waals surface area contributed by atoms with Crippen LogP contribution in [0.5, 0.6) is 11.5 Å². The minimum absolute atomic E-state index is 0.0709. The maximum atomic E-state index is 12.5. The Morgan fingerprint density at radius 1 is 1.00 bits per heavy atom. The van der Waals surface area contributed by atoms with Crippen LogP contribution in [0, 0.1) is 6.92 Å². The fourth-order valence-corrected chi connectivity index (χ4v) is 3.87. The number of benzene rings is 2. The number of nitrogens with one attached hydrogen (secondary N) is 2. The van der Waals surface area contributed by atoms with Crippen LogP contribution in [0.25, 0.3) is 0 Å². The second kappa shape index (κ2) is 9.36. The van der Waals surface area contributed by atoms with E-state index in [4.69, 9.17) is 9.47 Å². The number of carbonyl (C=O) groups excluding carboxylic acids is 2. The van der Waals surface area contributed by atoms with Gasteiger partial charge in [0.2, 0.25) is 6.79 Å². The van der Waals surface area contributed by atoms with Gasteiger partial charge in [-0.1, -0.05) is 24.3 Å². The number of likely N-dealkylation sites (N-methyl/N-ethyl adjacent to an activating group) is 1. The van der Waals surface area contributed by atoms with Gasteiger partial charge in [0.25, 0.3) is 0 Å². The average molecular weight is 425 g/mol. The maximum Gasteiger partial charge on any atom is 0.313 e. The second-order valence-electron chi connectivity index (χ2n) is 7.95. The van der Waals surface area contributed by atoms with E-state index in [0.29, 0.717) is 18.0 Å². The van der Waals surface area contributed by atoms with Crippen molar-refractivity contribution in [2.24, 2.45) is 0 Å². The molecule has 1 fully saturated rings. The quantitative estimate of drug-likeness (QED) is 0.712. The Morgan fingerprint density at radius 2 is 1.74 bits per heavy atom. The summed E-state index contributed by atoms with van der Waals surface area (Å²) in [6.07, 6.45) is 0. The van der Waals surface area contributed by atoms with Crippen LogP contribution in [0.2, 0.25) is 0 Å². The summed E-state index contributed by atoms with van der Waals surface area (Å²) in [4.78, 5) is 29.5. The molecule has 8 nitrogen and oxygen atoms in total. The van der Waals surface area contributed by atoms with Crippen molar-refractivity contribution < 1.29 is 19.1 Å². The zero-order valence-corrected chi connectivity index (χ0v) is 17.9. The van der Waals surface area contributed by atoms with Gasteiger partial charge in [-0.05, 0) is 43.3 Å². The largest absolute Gasteiger partial charge is 0.454 e. The molecule has 2 aliphatic heterocycles. The van der Waals surface area contributed by atoms with Gasteiger partial charge in [-0.2, -0.15) is 0 Å². The first kappa shape index (κ1) is 21.1. The number of rotatable bonds is 5. The van der Waals surface area contributed by atoms with Crippen LogP contribution in [-0.2, 0) is 9.59 Å². The fraction of sp³-hybridized carbons (Fsp3) is 0.391. The summed E-state index contributed by atoms with van der Waals surface area (Å²) in [5.74, 6) is 0.114. The van der Waals surface area contributed by atoms with Gasteiger partial charge in [0.1, 0.15) is 0 Å². The van der Waals surface area contributed by atoms with E-state index in [9.17, 15) is 9.59 Å². The second-order valence-corrected chi connectivity index (χ2v) is 7.95. The summed E-state index contributed by atoms with van der Waals surface area (Å²) in [6.45, 7) is 6.07. The highest BCUT2D eigenvalue weighted by atomic mass is 16.7. The van der Waals surface area contributed by atoms with Gasteiger partial charge in [-0.25, -0.2) is 0 Å². The SMILES string of the molecule is Cc1ccccc1NC(=O)C(=O)NC[C@H](c1ccc2c(c1)OCO2)N1CCN(C)CC1. The predicted molar refractivity (Wildman–Crippen MR) is 117 cm³/mol. The molecule has 0 spiro atoms. The molecule has 2 heterocycles. The van der Waals surface area contributed by atoms with Gasteiger partial charge in [-0.15, -0.1) is 0 Å². The Kier molecular flexibility index (Phi) is 6.39. The van der Waals surface area contributed by atoms with Gasteiger partial charge in [0, 0.05) is 38.4 Å². The van der Waals surface area contributed by atoms with E-state index in [0.717, 1.165) is 43.1 Å². The Hall–Kier alpha value is -3.10. The summed E-state index contributed by atoms with van der Waals surface area (Å²) in [5, 5.41) is 5.50. The minimum atomic E-state index is -0.669. The van der Waals surface area contributed by atoms with Crippen molar-refractivity contribution in [1.29, 1.82) is 0 Å². The van der Waals surface area contributed by atoms with Crippen molar-refractivity contribution in [3.8, 4) is 11.5 Å². The fourth-order valence-electron chi connectivity index (χ4n) is 3.87. The average Bonchev–Trinajstić information content (AvgIpc) is 3.24. The molecule has 4 rings (SSSR count). The molecule has 2 N–H and O–H groups in total. The number of para-hydroxylation sites is 1. The zero-order chi connectivity index (χ0) is 21.8. The third-order valence-electron chi connectivity index (χ3n) is 5.82. The minimum Gasteiger partial charge on any atom is -0.454 e. The highest BCUT2D eigenvalue weighted by Crippen LogP contribution is 2.35. The van der Waals surface area contributed by atoms with Crippen LogP contribution in [0.3, 0.4) is 0 Å². The van der Waals surface area contributed by atoms with Crippen LogP contribution < -0.4 is 20.1 Å². The van der Waals surface area contributed by atoms with Gasteiger partial charge < -0.3 is 25.0 Å². The standard InChI is InChI=1S/C23H28N4O4/c1-16-5-3-4-6-18(16)25-23(29)22(28)24-14-19(27-11-9-26(2)10-12-27)17-7-8-20-21(13-17)31-15-30-20/h3-8,13,19H,9-12,14-15H2,1-2H3,(H,24,28)(H,25,29)/t19-/m1/s1. The van der Waals surface area contributed by atoms with Crippen molar-refractivity contribution in [3.63, 3.8) is 0 Å². The summed E-state index contributed by atoms with van der Waals surface area (Å²) in [5.41, 5.74) is 2.56. The summed E-state index contributed by atoms with van der Waals surface area (Å²) < 4.78 is 11.0. The number of hydrogen-bond acceptors (Lipinski definition) is 6. The maximum absolute atomic E-state index is 12.5. The number of nitrogens with zero attached hydrogens (tertiary/aromatic N) is 2. The molecule has 2 aromatic rings. The molecule has 0 aliphatic carbocycles. The van der Waals surface area contributed by atoms with Crippen LogP contribution in [0.4, 0.5) is 5.69 Å². The van der Waals surface area contributed by atoms with Gasteiger partial charge in [0.05, 0.1) is 6.04 Å². The summed E-state index contributed by atoms with van der Waals surface area (Å²) in [6, 6.07) is 13.2. The zero-order valence-electron chi connectivity index (χ0n) is 17.9. The highest BCUT2D eigenvalue weighted by Gasteiger charge is 2.27. The first-order valence-electron chi connectivity index (χ1n) is 10.5. The smallest absolute Gasteiger partial charge is 0.313 e. The monoisotopic (exact) mass is 424 g/mol. The van der Waals surface area contributed by atoms with Crippen LogP contribution >= 0.6 is 0 Å². The number of anilines is 1. The number of fused-ring (bicyclic) bond motifs is 1. The lowest BCUT2D eigenvalue weighted by Crippen LogP contribution is -2.49. The van der Waals surface area contributed by atoms with Crippen LogP contribution in [-0.4, -0.2) is 68.2 Å². The van der Waals surface area contributed by atoms with Crippen molar-refractivity contribution in [3.05, 3.63) is 53.6 Å². The third kappa shape index (κ3) is 4.98. The van der Waals surface area contributed by atoms with Gasteiger partial charge in [0.15, 0.2) is 11.5 Å². The molecule has 0 bridgehead atoms. The first-order valence-corrected chi connectivity index (χ1v) is 10.5. The molecule has 0 aromatic heterocycles. The Morgan fingerprint density at radius 3 is 2.52 bits per heavy atom. The van der Waals surface area contributed by atoms with E-state index in [2.05, 4.69) is 27.5 Å². The molecule has 164 valence electrons. The molecule has 0 radical (unpaired) electrons. The predicted octanol–water partition coefficient (Wildman–Crippen LogP) is 1.77. The van der Waals surface area contributed by atoms with Crippen molar-refractivity contribution in [1.82, 2.24) is 15.1 Å². The molecule has 1 atom stereocenters. The lowest BCUT2D eigenvalue weighted by molar-refractivity contribution is -0.136. The van der Waals surface area contributed by atoms with E-state index in [1.54, 1.807) is 6.07 Å². The molecule has 0 unspecified atom stereocenters. The molecule has 31 heavy (non-hydrogen) atoms. The van der Waals surface area contributed by atoms with Crippen LogP contribution in [0.1, 0.15) is 17.2 Å². The number of amides is 2. The molecular weight excluding hydrogens is 396 g/mol. The molecule has 2 aliphatic rings. The van der Waals surface area contributed by atoms with E-state index < -0.39 is 11.8 Å². The summed E-state index contributed by atoms with van der Waals surface area (Å²) in [7, 11) is 2.10. The topological polar surface area (TPSA) is 83.1 Å². The first-order chi connectivity index (χ1) is 15.0. The summed E-state index contributed by atoms with van der Waals surface area (Å²) >= 11 is 0. The number of ether oxygens (including phenoxy) is 2. The third-order valence-corrected chi connectivity index (χ3v) is 5.82. The number of hydrogen-bond donors (Lipinski definition) is 2. The molecule has 8 heteroatoms. The van der Waals surface area contributed by atoms with E-state index >= 15 is 0 Å². The molecule has 2 aromatic carbocycles. The molecule has 2 amide bonds. The van der Waals surface area contributed by atoms with E-state index in [-0.39, 0.29) is 12.8 Å². The Bertz CT molecular complexity index is 956. The normalized spacial score (nSPS) is 17.2. The lowest BCUT2D eigenvalue weighted by atomic mass is 10.0. The molecular formula is C23H28N4O4. The van der Waals surface area contributed by atoms with Crippen LogP contribution in [0.15, 0.2) is 42.5 Å². The lowest BCUT2D eigenvalue weighted by Gasteiger charge is -2.38. The Labute approximate surface area is 182 Å². The van der Waals surface area contributed by atoms with Crippen molar-refractivity contribution in [2.75, 3.05) is 51.9 Å². The number of aryl methyl sites for hydroxylation is 1. The van der Waals surface area contributed by atoms with E-state index in [1.807, 2.05) is 43.3 Å². The number of carbonyl (C=O) groups is 2. The molecule has 1 saturated heterocycles. The highest BCUT2D eigenvalue weighted by molar-refractivity contribution is 6.39. The molecule has 0 saturated carbocycles. The van der Waals surface area contributed by atoms with Gasteiger partial charge >= 0.3 is 11.8 Å². The van der Waals surface area contributed by atoms with Crippen molar-refractivity contribution in [2.45, 2.75) is 13.0 Å². The van der Waals surface area contributed by atoms with Gasteiger partial charge in [-0.3, -0.25) is 14.5 Å². The van der Waals surface area contributed by atoms with E-state index in [1.165, 1.54) is 0 Å². The van der Waals surface area contributed by atoms with Crippen molar-refractivity contribution >= 4 is 17.5 Å². The number of piperazine rings is 1. The Balaban J connectivity index is 1.45.